The van der Waals surface area contributed by atoms with Crippen molar-refractivity contribution >= 4 is 55.0 Å². The molecule has 5 rings (SSSR count). The van der Waals surface area contributed by atoms with Gasteiger partial charge in [0.25, 0.3) is 5.91 Å². The van der Waals surface area contributed by atoms with Crippen molar-refractivity contribution in [2.75, 3.05) is 5.32 Å². The molecule has 5 nitrogen and oxygen atoms in total. The first-order valence-electron chi connectivity index (χ1n) is 8.95. The molecule has 3 aromatic heterocycles. The van der Waals surface area contributed by atoms with Crippen molar-refractivity contribution in [3.05, 3.63) is 65.5 Å². The number of thiophene rings is 1. The molecule has 0 saturated heterocycles. The zero-order valence-electron chi connectivity index (χ0n) is 15.0. The van der Waals surface area contributed by atoms with Crippen molar-refractivity contribution < 1.29 is 4.79 Å². The highest BCUT2D eigenvalue weighted by Gasteiger charge is 2.17. The topological polar surface area (TPSA) is 59.8 Å². The van der Waals surface area contributed by atoms with Crippen LogP contribution in [0.4, 0.5) is 5.13 Å². The lowest BCUT2D eigenvalue weighted by Crippen LogP contribution is -2.09. The molecule has 0 spiro atoms. The monoisotopic (exact) mass is 404 g/mol. The van der Waals surface area contributed by atoms with Crippen LogP contribution in [0.1, 0.15) is 16.6 Å². The molecule has 138 valence electrons. The highest BCUT2D eigenvalue weighted by atomic mass is 32.1. The summed E-state index contributed by atoms with van der Waals surface area (Å²) < 4.78 is 3.23. The van der Waals surface area contributed by atoms with Gasteiger partial charge in [0.15, 0.2) is 11.0 Å². The van der Waals surface area contributed by atoms with Gasteiger partial charge in [0.1, 0.15) is 0 Å². The Hall–Kier alpha value is -3.03. The summed E-state index contributed by atoms with van der Waals surface area (Å²) in [4.78, 5) is 23.6. The molecule has 5 aromatic rings. The van der Waals surface area contributed by atoms with E-state index in [1.165, 1.54) is 22.7 Å². The normalized spacial score (nSPS) is 11.3. The molecule has 0 bridgehead atoms. The van der Waals surface area contributed by atoms with Gasteiger partial charge in [-0.2, -0.15) is 0 Å². The number of benzene rings is 2. The Morgan fingerprint density at radius 3 is 2.57 bits per heavy atom. The van der Waals surface area contributed by atoms with Crippen LogP contribution in [0, 0.1) is 0 Å². The SMILES string of the molecule is CCn1c(-c2ccc(C(=O)Nc3nc4ccccc4s3)s2)nc2ccccc21. The molecule has 0 unspecified atom stereocenters. The molecule has 3 heterocycles. The Morgan fingerprint density at radius 1 is 0.964 bits per heavy atom. The van der Waals surface area contributed by atoms with Crippen LogP contribution in [0.15, 0.2) is 60.7 Å². The number of carbonyl (C=O) groups is 1. The number of carbonyl (C=O) groups excluding carboxylic acids is 1. The van der Waals surface area contributed by atoms with Gasteiger partial charge < -0.3 is 4.57 Å². The van der Waals surface area contributed by atoms with E-state index in [9.17, 15) is 4.79 Å². The summed E-state index contributed by atoms with van der Waals surface area (Å²) in [6.45, 7) is 2.92. The molecule has 2 aromatic carbocycles. The lowest BCUT2D eigenvalue weighted by Gasteiger charge is -2.03. The Bertz CT molecular complexity index is 1280. The predicted octanol–water partition coefficient (Wildman–Crippen LogP) is 5.65. The van der Waals surface area contributed by atoms with Crippen LogP contribution >= 0.6 is 22.7 Å². The van der Waals surface area contributed by atoms with Crippen molar-refractivity contribution in [3.63, 3.8) is 0 Å². The first-order valence-corrected chi connectivity index (χ1v) is 10.6. The van der Waals surface area contributed by atoms with E-state index in [1.807, 2.05) is 54.6 Å². The number of thiazole rings is 1. The minimum Gasteiger partial charge on any atom is -0.324 e. The second-order valence-corrected chi connectivity index (χ2v) is 8.39. The highest BCUT2D eigenvalue weighted by molar-refractivity contribution is 7.22. The van der Waals surface area contributed by atoms with E-state index in [-0.39, 0.29) is 5.91 Å². The van der Waals surface area contributed by atoms with Gasteiger partial charge in [-0.25, -0.2) is 9.97 Å². The van der Waals surface area contributed by atoms with Crippen LogP contribution in [-0.2, 0) is 6.54 Å². The number of aromatic nitrogens is 3. The summed E-state index contributed by atoms with van der Waals surface area (Å²) >= 11 is 2.92. The van der Waals surface area contributed by atoms with Crippen LogP contribution < -0.4 is 5.32 Å². The van der Waals surface area contributed by atoms with E-state index in [0.717, 1.165) is 38.5 Å². The third-order valence-corrected chi connectivity index (χ3v) is 6.57. The van der Waals surface area contributed by atoms with Crippen LogP contribution in [0.5, 0.6) is 0 Å². The minimum absolute atomic E-state index is 0.144. The maximum atomic E-state index is 12.7. The lowest BCUT2D eigenvalue weighted by atomic mass is 10.3. The summed E-state index contributed by atoms with van der Waals surface area (Å²) in [5.74, 6) is 0.752. The molecule has 28 heavy (non-hydrogen) atoms. The van der Waals surface area contributed by atoms with Crippen molar-refractivity contribution in [1.29, 1.82) is 0 Å². The zero-order valence-corrected chi connectivity index (χ0v) is 16.7. The molecule has 7 heteroatoms. The third kappa shape index (κ3) is 2.89. The molecular weight excluding hydrogens is 388 g/mol. The van der Waals surface area contributed by atoms with Gasteiger partial charge in [0.05, 0.1) is 31.0 Å². The standard InChI is InChI=1S/C21H16N4OS2/c1-2-25-15-9-5-3-7-13(15)22-19(25)17-11-12-18(27-17)20(26)24-21-23-14-8-4-6-10-16(14)28-21/h3-12H,2H2,1H3,(H,23,24,26). The number of nitrogens with one attached hydrogen (secondary N) is 1. The van der Waals surface area contributed by atoms with Crippen molar-refractivity contribution in [3.8, 4) is 10.7 Å². The van der Waals surface area contributed by atoms with Gasteiger partial charge in [0.2, 0.25) is 0 Å². The summed E-state index contributed by atoms with van der Waals surface area (Å²) in [5, 5.41) is 3.53. The Morgan fingerprint density at radius 2 is 1.75 bits per heavy atom. The number of nitrogens with zero attached hydrogens (tertiary/aromatic N) is 3. The van der Waals surface area contributed by atoms with E-state index >= 15 is 0 Å². The number of anilines is 1. The molecular formula is C21H16N4OS2. The second-order valence-electron chi connectivity index (χ2n) is 6.27. The van der Waals surface area contributed by atoms with Gasteiger partial charge in [-0.1, -0.05) is 35.6 Å². The number of fused-ring (bicyclic) bond motifs is 2. The van der Waals surface area contributed by atoms with Crippen molar-refractivity contribution in [1.82, 2.24) is 14.5 Å². The molecule has 0 aliphatic heterocycles. The fraction of sp³-hybridized carbons (Fsp3) is 0.0952. The summed E-state index contributed by atoms with van der Waals surface area (Å²) in [6.07, 6.45) is 0. The van der Waals surface area contributed by atoms with E-state index in [0.29, 0.717) is 10.0 Å². The number of hydrogen-bond donors (Lipinski definition) is 1. The van der Waals surface area contributed by atoms with Gasteiger partial charge in [-0.05, 0) is 43.3 Å². The average molecular weight is 405 g/mol. The molecule has 0 radical (unpaired) electrons. The van der Waals surface area contributed by atoms with Gasteiger partial charge in [-0.3, -0.25) is 10.1 Å². The number of para-hydroxylation sites is 3. The fourth-order valence-electron chi connectivity index (χ4n) is 3.25. The largest absolute Gasteiger partial charge is 0.324 e. The van der Waals surface area contributed by atoms with E-state index in [4.69, 9.17) is 4.98 Å². The number of aryl methyl sites for hydroxylation is 1. The van der Waals surface area contributed by atoms with Gasteiger partial charge in [0, 0.05) is 6.54 Å². The lowest BCUT2D eigenvalue weighted by molar-refractivity contribution is 0.103. The molecule has 0 aliphatic carbocycles. The van der Waals surface area contributed by atoms with Crippen molar-refractivity contribution in [2.24, 2.45) is 0 Å². The predicted molar refractivity (Wildman–Crippen MR) is 116 cm³/mol. The Labute approximate surface area is 169 Å². The van der Waals surface area contributed by atoms with Crippen LogP contribution in [0.25, 0.3) is 32.0 Å². The van der Waals surface area contributed by atoms with Crippen LogP contribution in [0.2, 0.25) is 0 Å². The van der Waals surface area contributed by atoms with Crippen LogP contribution in [0.3, 0.4) is 0 Å². The number of hydrogen-bond acceptors (Lipinski definition) is 5. The van der Waals surface area contributed by atoms with Gasteiger partial charge in [-0.15, -0.1) is 11.3 Å². The first kappa shape index (κ1) is 17.1. The van der Waals surface area contributed by atoms with Gasteiger partial charge >= 0.3 is 0 Å². The third-order valence-electron chi connectivity index (χ3n) is 4.54. The second kappa shape index (κ2) is 6.85. The Balaban J connectivity index is 1.45. The number of amides is 1. The minimum atomic E-state index is -0.144. The van der Waals surface area contributed by atoms with E-state index in [1.54, 1.807) is 0 Å². The molecule has 0 aliphatic rings. The smallest absolute Gasteiger partial charge is 0.267 e. The molecule has 0 fully saturated rings. The van der Waals surface area contributed by atoms with E-state index < -0.39 is 0 Å². The van der Waals surface area contributed by atoms with Crippen molar-refractivity contribution in [2.45, 2.75) is 13.5 Å². The maximum Gasteiger partial charge on any atom is 0.267 e. The summed E-state index contributed by atoms with van der Waals surface area (Å²) in [7, 11) is 0. The summed E-state index contributed by atoms with van der Waals surface area (Å²) in [6, 6.07) is 19.8. The zero-order chi connectivity index (χ0) is 19.1. The Kier molecular flexibility index (Phi) is 4.18. The fourth-order valence-corrected chi connectivity index (χ4v) is 5.01. The highest BCUT2D eigenvalue weighted by Crippen LogP contribution is 2.32. The quantitative estimate of drug-likeness (QED) is 0.421. The van der Waals surface area contributed by atoms with Crippen LogP contribution in [-0.4, -0.2) is 20.4 Å². The average Bonchev–Trinajstić information content (AvgIpc) is 3.43. The molecule has 0 saturated carbocycles. The van der Waals surface area contributed by atoms with E-state index in [2.05, 4.69) is 27.9 Å². The molecule has 0 atom stereocenters. The molecule has 1 amide bonds. The maximum absolute atomic E-state index is 12.7. The first-order chi connectivity index (χ1) is 13.7. The number of imidazole rings is 1. The summed E-state index contributed by atoms with van der Waals surface area (Å²) in [5.41, 5.74) is 2.97. The number of rotatable bonds is 4. The molecule has 1 N–H and O–H groups in total.